The van der Waals surface area contributed by atoms with Crippen molar-refractivity contribution < 1.29 is 19.4 Å². The molecular formula is C27H26ClN3O4. The first-order valence-corrected chi connectivity index (χ1v) is 11.6. The van der Waals surface area contributed by atoms with Gasteiger partial charge in [0.15, 0.2) is 0 Å². The topological polar surface area (TPSA) is 91.2 Å². The molecule has 0 bridgehead atoms. The molecule has 1 aliphatic heterocycles. The van der Waals surface area contributed by atoms with E-state index in [1.54, 1.807) is 36.4 Å². The number of ether oxygens (including phenoxy) is 1. The number of anilines is 1. The van der Waals surface area contributed by atoms with E-state index < -0.39 is 11.9 Å². The summed E-state index contributed by atoms with van der Waals surface area (Å²) in [6, 6.07) is 19.8. The Kier molecular flexibility index (Phi) is 7.48. The Morgan fingerprint density at radius 2 is 1.80 bits per heavy atom. The zero-order chi connectivity index (χ0) is 24.9. The van der Waals surface area contributed by atoms with Crippen LogP contribution in [-0.2, 0) is 16.0 Å². The molecule has 8 heteroatoms. The Morgan fingerprint density at radius 1 is 1.09 bits per heavy atom. The second-order valence-electron chi connectivity index (χ2n) is 8.56. The summed E-state index contributed by atoms with van der Waals surface area (Å²) in [6.07, 6.45) is -0.0761. The zero-order valence-corrected chi connectivity index (χ0v) is 20.2. The number of amides is 1. The molecule has 35 heavy (non-hydrogen) atoms. The van der Waals surface area contributed by atoms with Crippen LogP contribution in [0.1, 0.15) is 22.6 Å². The number of carboxylic acids is 1. The summed E-state index contributed by atoms with van der Waals surface area (Å²) in [5.41, 5.74) is 4.08. The van der Waals surface area contributed by atoms with Crippen LogP contribution in [0.5, 0.6) is 5.75 Å². The van der Waals surface area contributed by atoms with Gasteiger partial charge in [-0.05, 0) is 67.2 Å². The van der Waals surface area contributed by atoms with Gasteiger partial charge in [-0.25, -0.2) is 0 Å². The summed E-state index contributed by atoms with van der Waals surface area (Å²) in [7, 11) is 3.98. The van der Waals surface area contributed by atoms with Gasteiger partial charge in [-0.1, -0.05) is 41.9 Å². The highest BCUT2D eigenvalue weighted by molar-refractivity contribution is 6.31. The van der Waals surface area contributed by atoms with Crippen LogP contribution in [0.25, 0.3) is 0 Å². The first kappa shape index (κ1) is 24.4. The number of aliphatic carboxylic acids is 1. The Morgan fingerprint density at radius 3 is 2.46 bits per heavy atom. The number of aliphatic imine (C=N–C) groups is 1. The van der Waals surface area contributed by atoms with Gasteiger partial charge in [0.2, 0.25) is 5.91 Å². The van der Waals surface area contributed by atoms with Gasteiger partial charge in [0.25, 0.3) is 0 Å². The summed E-state index contributed by atoms with van der Waals surface area (Å²) in [6.45, 7) is 1.38. The quantitative estimate of drug-likeness (QED) is 0.421. The third-order valence-corrected chi connectivity index (χ3v) is 5.85. The van der Waals surface area contributed by atoms with Gasteiger partial charge in [0.1, 0.15) is 18.3 Å². The van der Waals surface area contributed by atoms with Crippen LogP contribution in [0, 0.1) is 0 Å². The van der Waals surface area contributed by atoms with Crippen molar-refractivity contribution in [3.05, 3.63) is 88.4 Å². The van der Waals surface area contributed by atoms with Crippen LogP contribution in [0.3, 0.4) is 0 Å². The second kappa shape index (κ2) is 10.7. The molecule has 3 aromatic rings. The number of nitrogens with one attached hydrogen (secondary N) is 1. The van der Waals surface area contributed by atoms with Gasteiger partial charge in [0, 0.05) is 17.3 Å². The van der Waals surface area contributed by atoms with Crippen molar-refractivity contribution in [2.45, 2.75) is 12.3 Å². The number of likely N-dealkylation sites (N-methyl/N-ethyl adjacent to an activating group) is 1. The van der Waals surface area contributed by atoms with Crippen LogP contribution in [0.2, 0.25) is 5.02 Å². The van der Waals surface area contributed by atoms with Gasteiger partial charge in [0.05, 0.1) is 17.8 Å². The number of carboxylic acid groups (broad SMARTS) is 1. The number of rotatable bonds is 9. The number of carbonyl (C=O) groups excluding carboxylic acids is 1. The summed E-state index contributed by atoms with van der Waals surface area (Å²) < 4.78 is 5.77. The molecule has 0 spiro atoms. The maximum atomic E-state index is 13.1. The molecule has 7 nitrogen and oxygen atoms in total. The molecule has 0 fully saturated rings. The standard InChI is InChI=1S/C27H26ClN3O4/c1-31(2)13-14-35-21-10-8-20(9-11-21)29-26(18-5-3-17(4-6-18)15-24(32)33)25-22-12-7-19(28)16-23(22)30-27(25)34/h3-12,16,25H,13-15H2,1-2H3,(H,30,34)(H,32,33). The van der Waals surface area contributed by atoms with Crippen molar-refractivity contribution >= 4 is 40.6 Å². The van der Waals surface area contributed by atoms with E-state index in [4.69, 9.17) is 26.4 Å². The number of hydrogen-bond acceptors (Lipinski definition) is 5. The average Bonchev–Trinajstić information content (AvgIpc) is 3.13. The molecule has 3 aromatic carbocycles. The summed E-state index contributed by atoms with van der Waals surface area (Å²) in [4.78, 5) is 31.0. The largest absolute Gasteiger partial charge is 0.492 e. The molecule has 0 aromatic heterocycles. The predicted octanol–water partition coefficient (Wildman–Crippen LogP) is 4.76. The molecule has 1 unspecified atom stereocenters. The van der Waals surface area contributed by atoms with Crippen LogP contribution in [-0.4, -0.2) is 54.8 Å². The molecule has 0 saturated heterocycles. The Hall–Kier alpha value is -3.68. The Labute approximate surface area is 209 Å². The highest BCUT2D eigenvalue weighted by atomic mass is 35.5. The van der Waals surface area contributed by atoms with E-state index in [1.807, 2.05) is 49.3 Å². The van der Waals surface area contributed by atoms with E-state index in [9.17, 15) is 9.59 Å². The minimum atomic E-state index is -0.902. The van der Waals surface area contributed by atoms with Gasteiger partial charge in [-0.3, -0.25) is 14.6 Å². The van der Waals surface area contributed by atoms with E-state index >= 15 is 0 Å². The third-order valence-electron chi connectivity index (χ3n) is 5.62. The minimum Gasteiger partial charge on any atom is -0.492 e. The summed E-state index contributed by atoms with van der Waals surface area (Å²) in [5, 5.41) is 12.5. The molecule has 180 valence electrons. The van der Waals surface area contributed by atoms with Crippen molar-refractivity contribution in [1.29, 1.82) is 0 Å². The van der Waals surface area contributed by atoms with Gasteiger partial charge >= 0.3 is 5.97 Å². The van der Waals surface area contributed by atoms with Crippen molar-refractivity contribution in [2.75, 3.05) is 32.6 Å². The van der Waals surface area contributed by atoms with Gasteiger partial charge < -0.3 is 20.1 Å². The minimum absolute atomic E-state index is 0.0761. The first-order valence-electron chi connectivity index (χ1n) is 11.2. The molecule has 0 aliphatic carbocycles. The van der Waals surface area contributed by atoms with Gasteiger partial charge in [-0.2, -0.15) is 0 Å². The lowest BCUT2D eigenvalue weighted by Gasteiger charge is -2.15. The fourth-order valence-electron chi connectivity index (χ4n) is 3.87. The van der Waals surface area contributed by atoms with E-state index in [-0.39, 0.29) is 12.3 Å². The zero-order valence-electron chi connectivity index (χ0n) is 19.5. The maximum absolute atomic E-state index is 13.1. The van der Waals surface area contributed by atoms with Crippen LogP contribution >= 0.6 is 11.6 Å². The van der Waals surface area contributed by atoms with Crippen molar-refractivity contribution in [2.24, 2.45) is 4.99 Å². The Balaban J connectivity index is 1.69. The van der Waals surface area contributed by atoms with Crippen molar-refractivity contribution in [3.8, 4) is 5.75 Å². The average molecular weight is 492 g/mol. The molecular weight excluding hydrogens is 466 g/mol. The van der Waals surface area contributed by atoms with Gasteiger partial charge in [-0.15, -0.1) is 0 Å². The van der Waals surface area contributed by atoms with Crippen molar-refractivity contribution in [1.82, 2.24) is 4.90 Å². The number of fused-ring (bicyclic) bond motifs is 1. The summed E-state index contributed by atoms with van der Waals surface area (Å²) in [5.74, 6) is -0.993. The molecule has 2 N–H and O–H groups in total. The highest BCUT2D eigenvalue weighted by Gasteiger charge is 2.35. The second-order valence-corrected chi connectivity index (χ2v) is 9.00. The number of halogens is 1. The van der Waals surface area contributed by atoms with Crippen LogP contribution in [0.4, 0.5) is 11.4 Å². The molecule has 1 aliphatic rings. The monoisotopic (exact) mass is 491 g/mol. The SMILES string of the molecule is CN(C)CCOc1ccc(N=C(c2ccc(CC(=O)O)cc2)C2C(=O)Nc3cc(Cl)ccc32)cc1. The van der Waals surface area contributed by atoms with Crippen LogP contribution in [0.15, 0.2) is 71.7 Å². The lowest BCUT2D eigenvalue weighted by Crippen LogP contribution is -2.22. The molecule has 0 radical (unpaired) electrons. The number of hydrogen-bond donors (Lipinski definition) is 2. The molecule has 1 amide bonds. The number of benzene rings is 3. The normalized spacial score (nSPS) is 15.1. The number of carbonyl (C=O) groups is 2. The van der Waals surface area contributed by atoms with E-state index in [0.717, 1.165) is 23.4 Å². The maximum Gasteiger partial charge on any atom is 0.307 e. The molecule has 4 rings (SSSR count). The number of nitrogens with zero attached hydrogens (tertiary/aromatic N) is 2. The molecule has 1 heterocycles. The van der Waals surface area contributed by atoms with E-state index in [2.05, 4.69) is 5.32 Å². The lowest BCUT2D eigenvalue weighted by molar-refractivity contribution is -0.136. The highest BCUT2D eigenvalue weighted by Crippen LogP contribution is 2.38. The predicted molar refractivity (Wildman–Crippen MR) is 137 cm³/mol. The smallest absolute Gasteiger partial charge is 0.307 e. The molecule has 1 atom stereocenters. The van der Waals surface area contributed by atoms with Crippen LogP contribution < -0.4 is 10.1 Å². The lowest BCUT2D eigenvalue weighted by atomic mass is 9.90. The first-order chi connectivity index (χ1) is 16.8. The Bertz CT molecular complexity index is 1250. The molecule has 0 saturated carbocycles. The third kappa shape index (κ3) is 6.07. The van der Waals surface area contributed by atoms with E-state index in [1.165, 1.54) is 0 Å². The van der Waals surface area contributed by atoms with Crippen molar-refractivity contribution in [3.63, 3.8) is 0 Å². The van der Waals surface area contributed by atoms with E-state index in [0.29, 0.717) is 34.3 Å². The fourth-order valence-corrected chi connectivity index (χ4v) is 4.04. The fraction of sp³-hybridized carbons (Fsp3) is 0.222. The summed E-state index contributed by atoms with van der Waals surface area (Å²) >= 11 is 6.13.